The molecular weight excluding hydrogens is 190 g/mol. The summed E-state index contributed by atoms with van der Waals surface area (Å²) in [6, 6.07) is 3.68. The molecule has 1 aromatic rings. The lowest BCUT2D eigenvalue weighted by Gasteiger charge is -2.00. The second-order valence-corrected chi connectivity index (χ2v) is 3.28. The van der Waals surface area contributed by atoms with Gasteiger partial charge in [-0.05, 0) is 24.6 Å². The summed E-state index contributed by atoms with van der Waals surface area (Å²) in [4.78, 5) is 14.8. The quantitative estimate of drug-likeness (QED) is 0.777. The van der Waals surface area contributed by atoms with Gasteiger partial charge in [0, 0.05) is 13.5 Å². The molecule has 1 amide bonds. The Kier molecular flexibility index (Phi) is 3.85. The largest absolute Gasteiger partial charge is 0.384 e. The van der Waals surface area contributed by atoms with Crippen molar-refractivity contribution in [3.05, 3.63) is 29.5 Å². The number of pyridine rings is 1. The molecule has 0 aromatic carbocycles. The van der Waals surface area contributed by atoms with Crippen molar-refractivity contribution in [3.63, 3.8) is 0 Å². The van der Waals surface area contributed by atoms with Gasteiger partial charge in [-0.25, -0.2) is 4.98 Å². The van der Waals surface area contributed by atoms with E-state index in [2.05, 4.69) is 10.3 Å². The Morgan fingerprint density at radius 3 is 3.00 bits per heavy atom. The number of hydrogen-bond donors (Lipinski definition) is 2. The van der Waals surface area contributed by atoms with Crippen molar-refractivity contribution in [2.75, 3.05) is 12.3 Å². The number of carbonyl (C=O) groups excluding carboxylic acids is 1. The van der Waals surface area contributed by atoms with Gasteiger partial charge in [0.1, 0.15) is 5.82 Å². The molecule has 3 N–H and O–H groups in total. The molecule has 1 aromatic heterocycles. The Balaban J connectivity index is 2.63. The number of nitrogens with one attached hydrogen (secondary N) is 1. The van der Waals surface area contributed by atoms with E-state index in [0.29, 0.717) is 12.4 Å². The first-order chi connectivity index (χ1) is 7.09. The molecule has 0 spiro atoms. The van der Waals surface area contributed by atoms with Gasteiger partial charge in [0.2, 0.25) is 5.91 Å². The number of nitrogen functional groups attached to an aromatic ring is 1. The topological polar surface area (TPSA) is 68.0 Å². The molecule has 0 saturated heterocycles. The van der Waals surface area contributed by atoms with E-state index in [1.807, 2.05) is 25.1 Å². The highest BCUT2D eigenvalue weighted by Gasteiger charge is 1.95. The maximum atomic E-state index is 10.6. The normalized spacial score (nSPS) is 10.5. The molecule has 0 aliphatic rings. The van der Waals surface area contributed by atoms with E-state index < -0.39 is 0 Å². The third-order valence-electron chi connectivity index (χ3n) is 1.90. The Morgan fingerprint density at radius 1 is 1.60 bits per heavy atom. The molecule has 0 fully saturated rings. The zero-order valence-corrected chi connectivity index (χ0v) is 8.95. The number of nitrogens with two attached hydrogens (primary N) is 1. The van der Waals surface area contributed by atoms with E-state index in [-0.39, 0.29) is 5.91 Å². The molecule has 0 bridgehead atoms. The Bertz CT molecular complexity index is 385. The zero-order valence-electron chi connectivity index (χ0n) is 8.95. The summed E-state index contributed by atoms with van der Waals surface area (Å²) >= 11 is 0. The predicted octanol–water partition coefficient (Wildman–Crippen LogP) is 1.12. The summed E-state index contributed by atoms with van der Waals surface area (Å²) in [6.45, 7) is 3.95. The van der Waals surface area contributed by atoms with Gasteiger partial charge in [-0.1, -0.05) is 12.1 Å². The molecule has 0 unspecified atom stereocenters. The number of amides is 1. The number of nitrogens with zero attached hydrogens (tertiary/aromatic N) is 1. The lowest BCUT2D eigenvalue weighted by atomic mass is 10.2. The average Bonchev–Trinajstić information content (AvgIpc) is 2.17. The lowest BCUT2D eigenvalue weighted by molar-refractivity contribution is -0.118. The number of anilines is 1. The van der Waals surface area contributed by atoms with Crippen LogP contribution in [0.2, 0.25) is 0 Å². The van der Waals surface area contributed by atoms with Crippen molar-refractivity contribution in [1.82, 2.24) is 10.3 Å². The minimum absolute atomic E-state index is 0.0445. The fourth-order valence-electron chi connectivity index (χ4n) is 1.10. The van der Waals surface area contributed by atoms with Gasteiger partial charge >= 0.3 is 0 Å². The molecule has 15 heavy (non-hydrogen) atoms. The van der Waals surface area contributed by atoms with Gasteiger partial charge < -0.3 is 11.1 Å². The molecule has 4 nitrogen and oxygen atoms in total. The Hall–Kier alpha value is -1.84. The minimum atomic E-state index is -0.0445. The average molecular weight is 205 g/mol. The first-order valence-electron chi connectivity index (χ1n) is 4.73. The number of hydrogen-bond acceptors (Lipinski definition) is 3. The monoisotopic (exact) mass is 205 g/mol. The summed E-state index contributed by atoms with van der Waals surface area (Å²) in [5, 5.41) is 2.67. The highest BCUT2D eigenvalue weighted by atomic mass is 16.1. The number of rotatable bonds is 3. The Morgan fingerprint density at radius 2 is 2.33 bits per heavy atom. The molecule has 1 rings (SSSR count). The van der Waals surface area contributed by atoms with Gasteiger partial charge in [-0.3, -0.25) is 4.79 Å². The second-order valence-electron chi connectivity index (χ2n) is 3.28. The van der Waals surface area contributed by atoms with Crippen molar-refractivity contribution in [3.8, 4) is 0 Å². The second kappa shape index (κ2) is 5.14. The van der Waals surface area contributed by atoms with Gasteiger partial charge in [-0.15, -0.1) is 0 Å². The molecule has 0 aliphatic heterocycles. The van der Waals surface area contributed by atoms with Crippen LogP contribution in [0.3, 0.4) is 0 Å². The Labute approximate surface area is 89.2 Å². The maximum Gasteiger partial charge on any atom is 0.217 e. The minimum Gasteiger partial charge on any atom is -0.384 e. The third-order valence-corrected chi connectivity index (χ3v) is 1.90. The summed E-state index contributed by atoms with van der Waals surface area (Å²) in [5.41, 5.74) is 7.46. The van der Waals surface area contributed by atoms with Crippen LogP contribution in [-0.4, -0.2) is 17.4 Å². The first-order valence-corrected chi connectivity index (χ1v) is 4.73. The van der Waals surface area contributed by atoms with Crippen LogP contribution in [0, 0.1) is 6.92 Å². The SMILES string of the molecule is CC(=O)NCC=Cc1nc(N)ccc1C. The standard InChI is InChI=1S/C11H15N3O/c1-8-5-6-11(12)14-10(8)4-3-7-13-9(2)15/h3-6H,7H2,1-2H3,(H2,12,14)(H,13,15). The summed E-state index contributed by atoms with van der Waals surface area (Å²) in [7, 11) is 0. The van der Waals surface area contributed by atoms with Crippen molar-refractivity contribution in [2.24, 2.45) is 0 Å². The van der Waals surface area contributed by atoms with Crippen LogP contribution in [0.5, 0.6) is 0 Å². The van der Waals surface area contributed by atoms with Crippen molar-refractivity contribution >= 4 is 17.8 Å². The van der Waals surface area contributed by atoms with E-state index in [4.69, 9.17) is 5.73 Å². The van der Waals surface area contributed by atoms with Gasteiger partial charge in [0.15, 0.2) is 0 Å². The van der Waals surface area contributed by atoms with Crippen molar-refractivity contribution in [1.29, 1.82) is 0 Å². The van der Waals surface area contributed by atoms with Crippen LogP contribution in [-0.2, 0) is 4.79 Å². The van der Waals surface area contributed by atoms with Gasteiger partial charge in [0.25, 0.3) is 0 Å². The van der Waals surface area contributed by atoms with Crippen LogP contribution in [0.25, 0.3) is 6.08 Å². The molecule has 0 radical (unpaired) electrons. The first kappa shape index (κ1) is 11.2. The zero-order chi connectivity index (χ0) is 11.3. The third kappa shape index (κ3) is 3.81. The van der Waals surface area contributed by atoms with E-state index in [1.165, 1.54) is 6.92 Å². The van der Waals surface area contributed by atoms with Crippen molar-refractivity contribution in [2.45, 2.75) is 13.8 Å². The van der Waals surface area contributed by atoms with Crippen LogP contribution in [0.1, 0.15) is 18.2 Å². The predicted molar refractivity (Wildman–Crippen MR) is 61.1 cm³/mol. The summed E-state index contributed by atoms with van der Waals surface area (Å²) < 4.78 is 0. The molecule has 0 atom stereocenters. The van der Waals surface area contributed by atoms with E-state index in [9.17, 15) is 4.79 Å². The highest BCUT2D eigenvalue weighted by Crippen LogP contribution is 2.08. The summed E-state index contributed by atoms with van der Waals surface area (Å²) in [5.74, 6) is 0.455. The number of aromatic nitrogens is 1. The molecule has 1 heterocycles. The van der Waals surface area contributed by atoms with Crippen LogP contribution >= 0.6 is 0 Å². The molecule has 0 saturated carbocycles. The molecule has 0 aliphatic carbocycles. The van der Waals surface area contributed by atoms with Crippen LogP contribution < -0.4 is 11.1 Å². The fraction of sp³-hybridized carbons (Fsp3) is 0.273. The van der Waals surface area contributed by atoms with E-state index in [0.717, 1.165) is 11.3 Å². The van der Waals surface area contributed by atoms with Crippen LogP contribution in [0.15, 0.2) is 18.2 Å². The molecule has 4 heteroatoms. The van der Waals surface area contributed by atoms with Gasteiger partial charge in [0.05, 0.1) is 5.69 Å². The highest BCUT2D eigenvalue weighted by molar-refractivity contribution is 5.73. The van der Waals surface area contributed by atoms with E-state index >= 15 is 0 Å². The van der Waals surface area contributed by atoms with Crippen molar-refractivity contribution < 1.29 is 4.79 Å². The van der Waals surface area contributed by atoms with E-state index in [1.54, 1.807) is 6.07 Å². The molecular formula is C11H15N3O. The maximum absolute atomic E-state index is 10.6. The fourth-order valence-corrected chi connectivity index (χ4v) is 1.10. The summed E-state index contributed by atoms with van der Waals surface area (Å²) in [6.07, 6.45) is 3.69. The number of carbonyl (C=O) groups is 1. The number of aryl methyl sites for hydroxylation is 1. The lowest BCUT2D eigenvalue weighted by Crippen LogP contribution is -2.19. The van der Waals surface area contributed by atoms with Gasteiger partial charge in [-0.2, -0.15) is 0 Å². The van der Waals surface area contributed by atoms with Crippen LogP contribution in [0.4, 0.5) is 5.82 Å². The smallest absolute Gasteiger partial charge is 0.217 e. The molecule has 80 valence electrons.